The molecule has 3 aromatic heterocycles. The largest absolute Gasteiger partial charge is 0.508 e. The number of H-pyrrole nitrogens is 1. The second-order valence-corrected chi connectivity index (χ2v) is 8.14. The Kier molecular flexibility index (Phi) is 4.64. The number of fused-ring (bicyclic) bond motifs is 2. The summed E-state index contributed by atoms with van der Waals surface area (Å²) in [4.78, 5) is 10.1. The van der Waals surface area contributed by atoms with E-state index in [9.17, 15) is 10.2 Å². The number of phenolic OH excluding ortho intramolecular Hbond substituents is 2. The maximum Gasteiger partial charge on any atom is 0.116 e. The van der Waals surface area contributed by atoms with Crippen LogP contribution in [0.25, 0.3) is 44.3 Å². The average molecular weight is 412 g/mol. The van der Waals surface area contributed by atoms with Gasteiger partial charge in [0.25, 0.3) is 0 Å². The predicted molar refractivity (Wildman–Crippen MR) is 124 cm³/mol. The van der Waals surface area contributed by atoms with Gasteiger partial charge in [-0.05, 0) is 68.7 Å². The summed E-state index contributed by atoms with van der Waals surface area (Å²) in [5.41, 5.74) is 6.04. The van der Waals surface area contributed by atoms with E-state index in [1.807, 2.05) is 30.6 Å². The Morgan fingerprint density at radius 2 is 1.61 bits per heavy atom. The van der Waals surface area contributed by atoms with Gasteiger partial charge < -0.3 is 24.7 Å². The molecule has 0 spiro atoms. The second-order valence-electron chi connectivity index (χ2n) is 8.14. The molecule has 0 aliphatic rings. The quantitative estimate of drug-likeness (QED) is 0.387. The van der Waals surface area contributed by atoms with E-state index in [1.54, 1.807) is 24.3 Å². The molecule has 0 aliphatic carbocycles. The molecule has 3 heterocycles. The number of hydrogen-bond donors (Lipinski definition) is 3. The highest BCUT2D eigenvalue weighted by atomic mass is 16.3. The van der Waals surface area contributed by atoms with Crippen molar-refractivity contribution < 1.29 is 10.2 Å². The Hall–Kier alpha value is -3.77. The second kappa shape index (κ2) is 7.49. The molecule has 0 saturated heterocycles. The minimum absolute atomic E-state index is 0.249. The number of likely N-dealkylation sites (N-methyl/N-ethyl adjacent to an activating group) is 1. The highest BCUT2D eigenvalue weighted by Gasteiger charge is 2.14. The molecular weight excluding hydrogens is 388 g/mol. The summed E-state index contributed by atoms with van der Waals surface area (Å²) in [6.07, 6.45) is 3.71. The van der Waals surface area contributed by atoms with Crippen LogP contribution in [0.4, 0.5) is 0 Å². The first kappa shape index (κ1) is 19.2. The first-order valence-electron chi connectivity index (χ1n) is 10.2. The molecule has 0 saturated carbocycles. The van der Waals surface area contributed by atoms with Crippen LogP contribution in [-0.4, -0.2) is 50.3 Å². The minimum atomic E-state index is 0.249. The molecule has 6 nitrogen and oxygen atoms in total. The SMILES string of the molecule is CN(C)CCn1c(-c2cncc(-c3cc4cc(O)ccc4[nH]3)c2)cc2cc(O)ccc21. The van der Waals surface area contributed by atoms with Gasteiger partial charge in [0.05, 0.1) is 5.69 Å². The first-order valence-corrected chi connectivity index (χ1v) is 10.2. The molecule has 5 rings (SSSR count). The number of phenols is 2. The number of rotatable bonds is 5. The van der Waals surface area contributed by atoms with Gasteiger partial charge in [-0.1, -0.05) is 0 Å². The third-order valence-corrected chi connectivity index (χ3v) is 5.61. The number of aromatic hydroxyl groups is 2. The zero-order chi connectivity index (χ0) is 21.5. The number of benzene rings is 2. The number of hydrogen-bond acceptors (Lipinski definition) is 4. The van der Waals surface area contributed by atoms with E-state index in [0.717, 1.165) is 57.4 Å². The van der Waals surface area contributed by atoms with Crippen molar-refractivity contribution in [3.63, 3.8) is 0 Å². The lowest BCUT2D eigenvalue weighted by Crippen LogP contribution is -2.18. The Bertz CT molecular complexity index is 1400. The van der Waals surface area contributed by atoms with Crippen LogP contribution < -0.4 is 0 Å². The summed E-state index contributed by atoms with van der Waals surface area (Å²) in [7, 11) is 4.13. The topological polar surface area (TPSA) is 77.3 Å². The molecule has 0 bridgehead atoms. The molecule has 0 aliphatic heterocycles. The third kappa shape index (κ3) is 3.62. The van der Waals surface area contributed by atoms with E-state index in [1.165, 1.54) is 0 Å². The molecular formula is C25H24N4O2. The molecule has 6 heteroatoms. The van der Waals surface area contributed by atoms with Crippen LogP contribution >= 0.6 is 0 Å². The maximum absolute atomic E-state index is 9.95. The van der Waals surface area contributed by atoms with Crippen molar-refractivity contribution in [3.05, 3.63) is 67.0 Å². The Labute approximate surface area is 180 Å². The van der Waals surface area contributed by atoms with Gasteiger partial charge in [0.15, 0.2) is 0 Å². The maximum atomic E-state index is 9.95. The van der Waals surface area contributed by atoms with Crippen LogP contribution in [0.1, 0.15) is 0 Å². The lowest BCUT2D eigenvalue weighted by molar-refractivity contribution is 0.388. The number of nitrogens with one attached hydrogen (secondary N) is 1. The van der Waals surface area contributed by atoms with Gasteiger partial charge in [-0.25, -0.2) is 0 Å². The number of pyridine rings is 1. The van der Waals surface area contributed by atoms with Crippen molar-refractivity contribution in [3.8, 4) is 34.0 Å². The summed E-state index contributed by atoms with van der Waals surface area (Å²) in [6.45, 7) is 1.72. The Morgan fingerprint density at radius 1 is 0.871 bits per heavy atom. The fourth-order valence-electron chi connectivity index (χ4n) is 4.04. The molecule has 0 unspecified atom stereocenters. The molecule has 31 heavy (non-hydrogen) atoms. The highest BCUT2D eigenvalue weighted by Crippen LogP contribution is 2.33. The van der Waals surface area contributed by atoms with Crippen LogP contribution in [0.2, 0.25) is 0 Å². The Morgan fingerprint density at radius 3 is 2.42 bits per heavy atom. The van der Waals surface area contributed by atoms with Crippen LogP contribution in [-0.2, 0) is 6.54 Å². The van der Waals surface area contributed by atoms with Crippen LogP contribution in [0.15, 0.2) is 67.0 Å². The van der Waals surface area contributed by atoms with Gasteiger partial charge >= 0.3 is 0 Å². The van der Waals surface area contributed by atoms with Gasteiger partial charge in [0.1, 0.15) is 11.5 Å². The van der Waals surface area contributed by atoms with E-state index < -0.39 is 0 Å². The van der Waals surface area contributed by atoms with Gasteiger partial charge in [0.2, 0.25) is 0 Å². The fraction of sp³-hybridized carbons (Fsp3) is 0.160. The molecule has 0 radical (unpaired) electrons. The number of aromatic amines is 1. The number of aromatic nitrogens is 3. The highest BCUT2D eigenvalue weighted by molar-refractivity contribution is 5.90. The summed E-state index contributed by atoms with van der Waals surface area (Å²) >= 11 is 0. The van der Waals surface area contributed by atoms with Crippen LogP contribution in [0.5, 0.6) is 11.5 Å². The third-order valence-electron chi connectivity index (χ3n) is 5.61. The standard InChI is InChI=1S/C25H24N4O2/c1-28(2)7-8-29-24-6-4-21(31)11-17(24)13-25(29)19-9-18(14-26-15-19)23-12-16-10-20(30)3-5-22(16)27-23/h3-6,9-15,27,30-31H,7-8H2,1-2H3. The normalized spacial score (nSPS) is 11.7. The van der Waals surface area contributed by atoms with Crippen molar-refractivity contribution in [2.75, 3.05) is 20.6 Å². The van der Waals surface area contributed by atoms with Crippen molar-refractivity contribution in [1.29, 1.82) is 0 Å². The fourth-order valence-corrected chi connectivity index (χ4v) is 4.04. The van der Waals surface area contributed by atoms with E-state index in [-0.39, 0.29) is 11.5 Å². The zero-order valence-corrected chi connectivity index (χ0v) is 17.5. The molecule has 2 aromatic carbocycles. The van der Waals surface area contributed by atoms with Crippen molar-refractivity contribution in [1.82, 2.24) is 19.4 Å². The van der Waals surface area contributed by atoms with Gasteiger partial charge in [-0.2, -0.15) is 0 Å². The summed E-state index contributed by atoms with van der Waals surface area (Å²) in [5, 5.41) is 21.7. The van der Waals surface area contributed by atoms with Crippen molar-refractivity contribution in [2.24, 2.45) is 0 Å². The first-order chi connectivity index (χ1) is 15.0. The van der Waals surface area contributed by atoms with Crippen LogP contribution in [0.3, 0.4) is 0 Å². The van der Waals surface area contributed by atoms with Crippen molar-refractivity contribution >= 4 is 21.8 Å². The van der Waals surface area contributed by atoms with Gasteiger partial charge in [-0.3, -0.25) is 4.98 Å². The van der Waals surface area contributed by atoms with E-state index in [0.29, 0.717) is 0 Å². The molecule has 3 N–H and O–H groups in total. The molecule has 0 amide bonds. The van der Waals surface area contributed by atoms with Gasteiger partial charge in [-0.15, -0.1) is 0 Å². The predicted octanol–water partition coefficient (Wildman–Crippen LogP) is 4.82. The summed E-state index contributed by atoms with van der Waals surface area (Å²) in [6, 6.07) is 17.0. The molecule has 0 fully saturated rings. The van der Waals surface area contributed by atoms with E-state index in [2.05, 4.69) is 45.7 Å². The van der Waals surface area contributed by atoms with Gasteiger partial charge in [0, 0.05) is 64.1 Å². The lowest BCUT2D eigenvalue weighted by atomic mass is 10.1. The molecule has 5 aromatic rings. The average Bonchev–Trinajstić information content (AvgIpc) is 3.33. The van der Waals surface area contributed by atoms with Crippen molar-refractivity contribution in [2.45, 2.75) is 6.54 Å². The smallest absolute Gasteiger partial charge is 0.116 e. The van der Waals surface area contributed by atoms with E-state index >= 15 is 0 Å². The summed E-state index contributed by atoms with van der Waals surface area (Å²) < 4.78 is 2.28. The summed E-state index contributed by atoms with van der Waals surface area (Å²) in [5.74, 6) is 0.510. The number of nitrogens with zero attached hydrogens (tertiary/aromatic N) is 3. The Balaban J connectivity index is 1.62. The van der Waals surface area contributed by atoms with E-state index in [4.69, 9.17) is 0 Å². The molecule has 156 valence electrons. The zero-order valence-electron chi connectivity index (χ0n) is 17.5. The monoisotopic (exact) mass is 412 g/mol. The molecule has 0 atom stereocenters. The minimum Gasteiger partial charge on any atom is -0.508 e. The van der Waals surface area contributed by atoms with Crippen LogP contribution in [0, 0.1) is 0 Å². The lowest BCUT2D eigenvalue weighted by Gasteiger charge is -2.15.